The van der Waals surface area contributed by atoms with Gasteiger partial charge in [0.1, 0.15) is 12.0 Å². The molecular formula is C16H22N2O3. The predicted molar refractivity (Wildman–Crippen MR) is 82.2 cm³/mol. The molecule has 0 fully saturated rings. The third-order valence-corrected chi connectivity index (χ3v) is 3.34. The number of hydrogen-bond donors (Lipinski definition) is 2. The van der Waals surface area contributed by atoms with Crippen LogP contribution in [0.15, 0.2) is 30.3 Å². The van der Waals surface area contributed by atoms with E-state index in [9.17, 15) is 4.79 Å². The molecule has 0 saturated carbocycles. The average Bonchev–Trinajstić information content (AvgIpc) is 2.48. The molecule has 1 atom stereocenters. The molecule has 1 aromatic rings. The summed E-state index contributed by atoms with van der Waals surface area (Å²) in [5, 5.41) is 15.3. The number of methoxy groups -OCH3 is 1. The van der Waals surface area contributed by atoms with Crippen molar-refractivity contribution >= 4 is 17.9 Å². The summed E-state index contributed by atoms with van der Waals surface area (Å²) >= 11 is 0. The Balaban J connectivity index is 2.91. The van der Waals surface area contributed by atoms with Gasteiger partial charge in [0.2, 0.25) is 0 Å². The first-order chi connectivity index (χ1) is 10.0. The van der Waals surface area contributed by atoms with Crippen LogP contribution in [-0.2, 0) is 20.7 Å². The van der Waals surface area contributed by atoms with E-state index in [4.69, 9.17) is 20.3 Å². The largest absolute Gasteiger partial charge is 0.463 e. The monoisotopic (exact) mass is 290 g/mol. The van der Waals surface area contributed by atoms with Gasteiger partial charge in [-0.2, -0.15) is 0 Å². The van der Waals surface area contributed by atoms with Gasteiger partial charge in [-0.3, -0.25) is 4.79 Å². The summed E-state index contributed by atoms with van der Waals surface area (Å²) in [6, 6.07) is 9.52. The lowest BCUT2D eigenvalue weighted by Crippen LogP contribution is -2.40. The standard InChI is InChI=1S/C16H22N2O3/c1-16(14(18)8-9-17,15(19)21-11-10-20-2)12-13-6-4-3-5-7-13/h3-7,9,17-18H,8,10-12H2,1-2H3. The zero-order chi connectivity index (χ0) is 15.7. The summed E-state index contributed by atoms with van der Waals surface area (Å²) in [6.45, 7) is 2.18. The van der Waals surface area contributed by atoms with E-state index in [1.165, 1.54) is 7.11 Å². The Hall–Kier alpha value is -2.01. The van der Waals surface area contributed by atoms with Gasteiger partial charge in [-0.1, -0.05) is 30.3 Å². The highest BCUT2D eigenvalue weighted by Crippen LogP contribution is 2.27. The molecule has 0 saturated heterocycles. The molecule has 0 aliphatic rings. The van der Waals surface area contributed by atoms with E-state index in [0.717, 1.165) is 11.8 Å². The van der Waals surface area contributed by atoms with Gasteiger partial charge in [-0.05, 0) is 18.9 Å². The molecule has 0 aliphatic heterocycles. The summed E-state index contributed by atoms with van der Waals surface area (Å²) < 4.78 is 10.1. The Morgan fingerprint density at radius 1 is 1.29 bits per heavy atom. The van der Waals surface area contributed by atoms with E-state index in [1.54, 1.807) is 6.92 Å². The van der Waals surface area contributed by atoms with Crippen molar-refractivity contribution < 1.29 is 14.3 Å². The zero-order valence-electron chi connectivity index (χ0n) is 12.5. The van der Waals surface area contributed by atoms with Crippen LogP contribution in [0.4, 0.5) is 0 Å². The molecule has 2 N–H and O–H groups in total. The molecule has 0 radical (unpaired) electrons. The molecule has 21 heavy (non-hydrogen) atoms. The molecule has 0 amide bonds. The van der Waals surface area contributed by atoms with E-state index in [2.05, 4.69) is 0 Å². The van der Waals surface area contributed by atoms with Crippen molar-refractivity contribution in [2.24, 2.45) is 5.41 Å². The van der Waals surface area contributed by atoms with Crippen molar-refractivity contribution in [3.8, 4) is 0 Å². The van der Waals surface area contributed by atoms with Crippen LogP contribution in [0.25, 0.3) is 0 Å². The smallest absolute Gasteiger partial charge is 0.317 e. The first kappa shape index (κ1) is 17.0. The number of benzene rings is 1. The van der Waals surface area contributed by atoms with E-state index in [0.29, 0.717) is 13.0 Å². The third-order valence-electron chi connectivity index (χ3n) is 3.34. The SMILES string of the molecule is COCCOC(=O)C(C)(Cc1ccccc1)C(=N)CC=N. The number of carbonyl (C=O) groups is 1. The zero-order valence-corrected chi connectivity index (χ0v) is 12.5. The topological polar surface area (TPSA) is 83.2 Å². The maximum absolute atomic E-state index is 12.4. The van der Waals surface area contributed by atoms with Crippen LogP contribution in [0.1, 0.15) is 18.9 Å². The van der Waals surface area contributed by atoms with Crippen molar-refractivity contribution in [3.63, 3.8) is 0 Å². The highest BCUT2D eigenvalue weighted by molar-refractivity contribution is 6.09. The van der Waals surface area contributed by atoms with Gasteiger partial charge < -0.3 is 20.3 Å². The molecule has 1 aromatic carbocycles. The number of ether oxygens (including phenoxy) is 2. The molecule has 0 heterocycles. The number of rotatable bonds is 9. The van der Waals surface area contributed by atoms with Crippen molar-refractivity contribution in [3.05, 3.63) is 35.9 Å². The first-order valence-corrected chi connectivity index (χ1v) is 6.81. The van der Waals surface area contributed by atoms with Crippen molar-refractivity contribution in [2.45, 2.75) is 19.8 Å². The summed E-state index contributed by atoms with van der Waals surface area (Å²) in [4.78, 5) is 12.4. The van der Waals surface area contributed by atoms with E-state index in [-0.39, 0.29) is 18.7 Å². The maximum Gasteiger partial charge on any atom is 0.317 e. The highest BCUT2D eigenvalue weighted by atomic mass is 16.6. The molecule has 1 unspecified atom stereocenters. The van der Waals surface area contributed by atoms with Crippen molar-refractivity contribution in [1.29, 1.82) is 10.8 Å². The van der Waals surface area contributed by atoms with Gasteiger partial charge in [0.05, 0.1) is 6.61 Å². The van der Waals surface area contributed by atoms with Gasteiger partial charge in [-0.15, -0.1) is 0 Å². The summed E-state index contributed by atoms with van der Waals surface area (Å²) in [7, 11) is 1.54. The fraction of sp³-hybridized carbons (Fsp3) is 0.438. The Bertz CT molecular complexity index is 488. The highest BCUT2D eigenvalue weighted by Gasteiger charge is 2.39. The first-order valence-electron chi connectivity index (χ1n) is 6.81. The molecule has 5 heteroatoms. The van der Waals surface area contributed by atoms with Crippen LogP contribution in [0, 0.1) is 16.2 Å². The van der Waals surface area contributed by atoms with Gasteiger partial charge in [0.25, 0.3) is 0 Å². The molecule has 5 nitrogen and oxygen atoms in total. The second kappa shape index (κ2) is 8.32. The van der Waals surface area contributed by atoms with Gasteiger partial charge in [0, 0.05) is 25.5 Å². The van der Waals surface area contributed by atoms with Crippen LogP contribution in [-0.4, -0.2) is 38.2 Å². The molecule has 1 rings (SSSR count). The van der Waals surface area contributed by atoms with Gasteiger partial charge in [-0.25, -0.2) is 0 Å². The van der Waals surface area contributed by atoms with Crippen LogP contribution in [0.5, 0.6) is 0 Å². The van der Waals surface area contributed by atoms with Crippen LogP contribution < -0.4 is 0 Å². The Morgan fingerprint density at radius 3 is 2.52 bits per heavy atom. The predicted octanol–water partition coefficient (Wildman–Crippen LogP) is 2.48. The lowest BCUT2D eigenvalue weighted by molar-refractivity contribution is -0.152. The van der Waals surface area contributed by atoms with Gasteiger partial charge >= 0.3 is 5.97 Å². The fourth-order valence-corrected chi connectivity index (χ4v) is 2.01. The molecule has 114 valence electrons. The second-order valence-electron chi connectivity index (χ2n) is 5.01. The third kappa shape index (κ3) is 4.79. The Labute approximate surface area is 125 Å². The summed E-state index contributed by atoms with van der Waals surface area (Å²) in [5.74, 6) is -0.449. The van der Waals surface area contributed by atoms with Crippen LogP contribution in [0.3, 0.4) is 0 Å². The minimum absolute atomic E-state index is 0.142. The normalized spacial score (nSPS) is 13.2. The minimum Gasteiger partial charge on any atom is -0.463 e. The number of hydrogen-bond acceptors (Lipinski definition) is 5. The molecule has 0 bridgehead atoms. The molecule has 0 aliphatic carbocycles. The quantitative estimate of drug-likeness (QED) is 0.416. The lowest BCUT2D eigenvalue weighted by Gasteiger charge is -2.28. The Kier molecular flexibility index (Phi) is 6.75. The Morgan fingerprint density at radius 2 is 1.95 bits per heavy atom. The number of esters is 1. The number of carbonyl (C=O) groups excluding carboxylic acids is 1. The maximum atomic E-state index is 12.4. The van der Waals surface area contributed by atoms with Gasteiger partial charge in [0.15, 0.2) is 0 Å². The summed E-state index contributed by atoms with van der Waals surface area (Å²) in [6.07, 6.45) is 1.66. The molecular weight excluding hydrogens is 268 g/mol. The summed E-state index contributed by atoms with van der Waals surface area (Å²) in [5.41, 5.74) is 0.0781. The van der Waals surface area contributed by atoms with Crippen LogP contribution in [0.2, 0.25) is 0 Å². The second-order valence-corrected chi connectivity index (χ2v) is 5.01. The number of nitrogens with one attached hydrogen (secondary N) is 2. The molecule has 0 aromatic heterocycles. The van der Waals surface area contributed by atoms with E-state index in [1.807, 2.05) is 30.3 Å². The minimum atomic E-state index is -1.06. The van der Waals surface area contributed by atoms with Crippen molar-refractivity contribution in [2.75, 3.05) is 20.3 Å². The van der Waals surface area contributed by atoms with Crippen LogP contribution >= 0.6 is 0 Å². The van der Waals surface area contributed by atoms with E-state index < -0.39 is 11.4 Å². The fourth-order valence-electron chi connectivity index (χ4n) is 2.01. The molecule has 0 spiro atoms. The van der Waals surface area contributed by atoms with Crippen molar-refractivity contribution in [1.82, 2.24) is 0 Å². The average molecular weight is 290 g/mol. The van der Waals surface area contributed by atoms with E-state index >= 15 is 0 Å². The lowest BCUT2D eigenvalue weighted by atomic mass is 9.78.